The fourth-order valence-corrected chi connectivity index (χ4v) is 41.8. The SMILES string of the molecule is CC1=Cc2c(-c3cc(C(C)C)cc(C(C)C)c3)cccc2[CH]1[Zr]([Cl])([Cl])([CH]1C(C)=Cc2c(-c3cc(C(C)C)cc(C(C)C)c3)cccc21)[SiH](C)C. The summed E-state index contributed by atoms with van der Waals surface area (Å²) in [6.07, 6.45) is 4.88. The van der Waals surface area contributed by atoms with Crippen molar-refractivity contribution in [2.75, 3.05) is 0 Å². The first kappa shape index (κ1) is 37.8. The van der Waals surface area contributed by atoms with Crippen molar-refractivity contribution in [3.63, 3.8) is 0 Å². The Balaban J connectivity index is 1.53. The van der Waals surface area contributed by atoms with Crippen molar-refractivity contribution in [3.05, 3.63) is 128 Å². The van der Waals surface area contributed by atoms with E-state index in [4.69, 9.17) is 17.0 Å². The number of fused-ring (bicyclic) bond motifs is 2. The Hall–Kier alpha value is -1.96. The number of hydrogen-bond acceptors (Lipinski definition) is 0. The first-order valence-corrected chi connectivity index (χ1v) is 35.2. The van der Waals surface area contributed by atoms with Gasteiger partial charge in [-0.2, -0.15) is 0 Å². The van der Waals surface area contributed by atoms with Gasteiger partial charge in [-0.1, -0.05) is 0 Å². The van der Waals surface area contributed by atoms with Gasteiger partial charge in [0.2, 0.25) is 0 Å². The maximum absolute atomic E-state index is 8.61. The molecule has 4 aromatic carbocycles. The van der Waals surface area contributed by atoms with E-state index in [2.05, 4.69) is 167 Å². The predicted molar refractivity (Wildman–Crippen MR) is 223 cm³/mol. The first-order valence-electron chi connectivity index (χ1n) is 18.9. The number of hydrogen-bond donors (Lipinski definition) is 0. The molecule has 0 saturated heterocycles. The van der Waals surface area contributed by atoms with Crippen LogP contribution in [0.25, 0.3) is 34.4 Å². The van der Waals surface area contributed by atoms with Crippen molar-refractivity contribution < 1.29 is 15.6 Å². The molecule has 2 aliphatic carbocycles. The van der Waals surface area contributed by atoms with Crippen molar-refractivity contribution >= 4 is 35.1 Å². The van der Waals surface area contributed by atoms with Gasteiger partial charge in [0.05, 0.1) is 0 Å². The van der Waals surface area contributed by atoms with Crippen LogP contribution in [0.15, 0.2) is 83.9 Å². The van der Waals surface area contributed by atoms with E-state index >= 15 is 0 Å². The molecule has 0 spiro atoms. The van der Waals surface area contributed by atoms with Gasteiger partial charge in [-0.25, -0.2) is 0 Å². The van der Waals surface area contributed by atoms with Crippen LogP contribution in [0, 0.1) is 0 Å². The topological polar surface area (TPSA) is 0 Å². The third-order valence-electron chi connectivity index (χ3n) is 12.0. The summed E-state index contributed by atoms with van der Waals surface area (Å²) in [6, 6.07) is 28.3. The van der Waals surface area contributed by atoms with Gasteiger partial charge in [-0.05, 0) is 0 Å². The Bertz CT molecular complexity index is 1830. The number of rotatable bonds is 9. The zero-order valence-corrected chi connectivity index (χ0v) is 37.5. The zero-order chi connectivity index (χ0) is 36.5. The summed E-state index contributed by atoms with van der Waals surface area (Å²) < 4.78 is 0.165. The van der Waals surface area contributed by atoms with Crippen LogP contribution >= 0.6 is 17.0 Å². The van der Waals surface area contributed by atoms with Crippen LogP contribution in [-0.4, -0.2) is 5.92 Å². The molecule has 0 aliphatic heterocycles. The molecular formula is C46H57Cl2SiZr. The molecule has 2 unspecified atom stereocenters. The molecule has 50 heavy (non-hydrogen) atoms. The summed E-state index contributed by atoms with van der Waals surface area (Å²) in [7, 11) is 17.2. The van der Waals surface area contributed by atoms with E-state index in [1.807, 2.05) is 0 Å². The van der Waals surface area contributed by atoms with Gasteiger partial charge >= 0.3 is 315 Å². The summed E-state index contributed by atoms with van der Waals surface area (Å²) in [5.41, 5.74) is 18.8. The number of allylic oxidation sites excluding steroid dienone is 2. The molecule has 2 aliphatic rings. The Morgan fingerprint density at radius 2 is 0.840 bits per heavy atom. The molecular weight excluding hydrogens is 743 g/mol. The maximum atomic E-state index is 8.61. The van der Waals surface area contributed by atoms with Crippen molar-refractivity contribution in [2.24, 2.45) is 0 Å². The van der Waals surface area contributed by atoms with E-state index in [1.165, 1.54) is 77.9 Å². The van der Waals surface area contributed by atoms with Gasteiger partial charge in [0, 0.05) is 0 Å². The van der Waals surface area contributed by atoms with E-state index < -0.39 is 21.5 Å². The van der Waals surface area contributed by atoms with Crippen LogP contribution in [0.4, 0.5) is 0 Å². The Morgan fingerprint density at radius 1 is 0.520 bits per heavy atom. The van der Waals surface area contributed by atoms with Gasteiger partial charge < -0.3 is 0 Å². The Labute approximate surface area is 312 Å². The molecule has 0 bridgehead atoms. The van der Waals surface area contributed by atoms with E-state index in [-0.39, 0.29) is 7.25 Å². The monoisotopic (exact) mass is 797 g/mol. The third-order valence-corrected chi connectivity index (χ3v) is 64.3. The second-order valence-electron chi connectivity index (χ2n) is 17.0. The summed E-state index contributed by atoms with van der Waals surface area (Å²) in [5, 5.41) is 0. The molecule has 0 radical (unpaired) electrons. The van der Waals surface area contributed by atoms with Crippen LogP contribution in [0.3, 0.4) is 0 Å². The molecule has 6 rings (SSSR count). The van der Waals surface area contributed by atoms with Crippen LogP contribution in [0.5, 0.6) is 0 Å². The molecule has 0 amide bonds. The quantitative estimate of drug-likeness (QED) is 0.148. The second-order valence-corrected chi connectivity index (χ2v) is 59.5. The van der Waals surface area contributed by atoms with E-state index in [1.54, 1.807) is 0 Å². The van der Waals surface area contributed by atoms with Gasteiger partial charge in [0.1, 0.15) is 0 Å². The second kappa shape index (κ2) is 13.8. The van der Waals surface area contributed by atoms with Gasteiger partial charge in [0.25, 0.3) is 0 Å². The fourth-order valence-electron chi connectivity index (χ4n) is 8.90. The first-order chi connectivity index (χ1) is 23.4. The molecule has 263 valence electrons. The predicted octanol–water partition coefficient (Wildman–Crippen LogP) is 15.1. The zero-order valence-electron chi connectivity index (χ0n) is 32.4. The molecule has 4 heteroatoms. The van der Waals surface area contributed by atoms with Crippen LogP contribution in [-0.2, 0) is 15.6 Å². The minimum atomic E-state index is -4.79. The molecule has 4 aromatic rings. The van der Waals surface area contributed by atoms with Gasteiger partial charge in [-0.3, -0.25) is 0 Å². The van der Waals surface area contributed by atoms with Crippen LogP contribution in [0.2, 0.25) is 13.1 Å². The van der Waals surface area contributed by atoms with Crippen molar-refractivity contribution in [1.29, 1.82) is 0 Å². The van der Waals surface area contributed by atoms with Crippen molar-refractivity contribution in [1.82, 2.24) is 0 Å². The minimum absolute atomic E-state index is 0.0824. The Morgan fingerprint density at radius 3 is 1.12 bits per heavy atom. The number of benzene rings is 4. The van der Waals surface area contributed by atoms with E-state index in [0.717, 1.165) is 0 Å². The number of halogens is 2. The van der Waals surface area contributed by atoms with E-state index in [9.17, 15) is 0 Å². The standard InChI is InChI=1S/2C22H25.C2H7Si.2ClH.Zr/c2*1-14(2)18-11-19(15(3)4)13-20(12-18)21-8-6-7-17-9-16(5)10-22(17)21;1-3-2;;;/h2*6-15H,1-5H3;3H,1-2H3;2*1H;/q;;;;;+2/p-2. The van der Waals surface area contributed by atoms with Gasteiger partial charge in [0.15, 0.2) is 0 Å². The third kappa shape index (κ3) is 6.27. The molecule has 0 fully saturated rings. The molecule has 0 N–H and O–H groups in total. The molecule has 2 atom stereocenters. The van der Waals surface area contributed by atoms with E-state index in [0.29, 0.717) is 23.7 Å². The molecule has 0 saturated carbocycles. The summed E-state index contributed by atoms with van der Waals surface area (Å²) in [4.78, 5) is 0. The average Bonchev–Trinajstić information content (AvgIpc) is 3.60. The Kier molecular flexibility index (Phi) is 10.4. The molecule has 0 aromatic heterocycles. The van der Waals surface area contributed by atoms with Crippen LogP contribution < -0.4 is 0 Å². The fraction of sp³-hybridized carbons (Fsp3) is 0.391. The van der Waals surface area contributed by atoms with Crippen molar-refractivity contribution in [3.8, 4) is 22.3 Å². The van der Waals surface area contributed by atoms with Gasteiger partial charge in [-0.15, -0.1) is 0 Å². The average molecular weight is 800 g/mol. The van der Waals surface area contributed by atoms with Crippen LogP contribution in [0.1, 0.15) is 145 Å². The summed E-state index contributed by atoms with van der Waals surface area (Å²) in [5.74, 6) is 0.232. The molecule has 0 heterocycles. The van der Waals surface area contributed by atoms with Crippen molar-refractivity contribution in [2.45, 2.75) is 113 Å². The molecule has 0 nitrogen and oxygen atoms in total. The summed E-state index contributed by atoms with van der Waals surface area (Å²) in [6.45, 7) is 27.9. The summed E-state index contributed by atoms with van der Waals surface area (Å²) >= 11 is -4.79. The normalized spacial score (nSPS) is 18.2.